The fraction of sp³-hybridized carbons (Fsp3) is 0.500. The highest BCUT2D eigenvalue weighted by molar-refractivity contribution is 7.89. The topological polar surface area (TPSA) is 81.2 Å². The summed E-state index contributed by atoms with van der Waals surface area (Å²) in [5, 5.41) is 0. The number of nitrogens with zero attached hydrogens (tertiary/aromatic N) is 2. The predicted octanol–water partition coefficient (Wildman–Crippen LogP) is 3.44. The molecule has 27 heavy (non-hydrogen) atoms. The van der Waals surface area contributed by atoms with Crippen LogP contribution in [-0.2, 0) is 15.4 Å². The number of hydrogen-bond acceptors (Lipinski definition) is 5. The van der Waals surface area contributed by atoms with Crippen molar-refractivity contribution < 1.29 is 13.2 Å². The third-order valence-electron chi connectivity index (χ3n) is 4.84. The van der Waals surface area contributed by atoms with Gasteiger partial charge in [-0.2, -0.15) is 0 Å². The highest BCUT2D eigenvalue weighted by Crippen LogP contribution is 2.25. The Hall–Kier alpha value is -1.99. The molecule has 7 heteroatoms. The average molecular weight is 390 g/mol. The van der Waals surface area contributed by atoms with Crippen LogP contribution in [0.4, 0.5) is 0 Å². The van der Waals surface area contributed by atoms with Crippen LogP contribution in [0.2, 0.25) is 0 Å². The van der Waals surface area contributed by atoms with Gasteiger partial charge in [0.25, 0.3) is 0 Å². The third kappa shape index (κ3) is 5.26. The molecular formula is C20H27N3O3S. The normalized spacial score (nSPS) is 21.0. The quantitative estimate of drug-likeness (QED) is 0.847. The highest BCUT2D eigenvalue weighted by atomic mass is 32.2. The zero-order chi connectivity index (χ0) is 19.5. The minimum Gasteiger partial charge on any atom is -0.460 e. The van der Waals surface area contributed by atoms with Crippen LogP contribution < -0.4 is 9.46 Å². The van der Waals surface area contributed by atoms with Gasteiger partial charge in [0.2, 0.25) is 10.0 Å². The molecule has 2 aromatic rings. The summed E-state index contributed by atoms with van der Waals surface area (Å²) in [5.74, 6) is 0. The molecule has 1 saturated carbocycles. The first-order chi connectivity index (χ1) is 12.7. The molecule has 0 aliphatic heterocycles. The van der Waals surface area contributed by atoms with Gasteiger partial charge >= 0.3 is 6.01 Å². The van der Waals surface area contributed by atoms with Crippen LogP contribution in [-0.4, -0.2) is 30.5 Å². The molecule has 0 radical (unpaired) electrons. The van der Waals surface area contributed by atoms with Crippen LogP contribution in [0.1, 0.15) is 52.0 Å². The van der Waals surface area contributed by atoms with Gasteiger partial charge in [0.05, 0.1) is 4.90 Å². The monoisotopic (exact) mass is 389 g/mol. The summed E-state index contributed by atoms with van der Waals surface area (Å²) < 4.78 is 33.9. The second-order valence-corrected chi connectivity index (χ2v) is 9.73. The minimum atomic E-state index is -3.51. The maximum Gasteiger partial charge on any atom is 0.316 e. The lowest BCUT2D eigenvalue weighted by Crippen LogP contribution is -2.39. The van der Waals surface area contributed by atoms with E-state index in [1.54, 1.807) is 30.6 Å². The molecule has 1 aliphatic carbocycles. The SMILES string of the molecule is CC(C)(C)c1ccc(S(=O)(=O)NC2CCC(Oc3ncccn3)CC2)cc1. The van der Waals surface area contributed by atoms with Gasteiger partial charge in [-0.3, -0.25) is 0 Å². The minimum absolute atomic E-state index is 0.00340. The first kappa shape index (κ1) is 19.8. The Bertz CT molecular complexity index is 838. The summed E-state index contributed by atoms with van der Waals surface area (Å²) in [6, 6.07) is 9.19. The number of benzene rings is 1. The second-order valence-electron chi connectivity index (χ2n) is 8.02. The molecule has 0 saturated heterocycles. The molecular weight excluding hydrogens is 362 g/mol. The molecule has 3 rings (SSSR count). The van der Waals surface area contributed by atoms with E-state index in [4.69, 9.17) is 4.74 Å². The van der Waals surface area contributed by atoms with Crippen molar-refractivity contribution in [1.29, 1.82) is 0 Å². The van der Waals surface area contributed by atoms with Crippen molar-refractivity contribution in [3.63, 3.8) is 0 Å². The zero-order valence-electron chi connectivity index (χ0n) is 16.1. The first-order valence-electron chi connectivity index (χ1n) is 9.30. The zero-order valence-corrected chi connectivity index (χ0v) is 16.9. The Balaban J connectivity index is 1.56. The molecule has 1 aromatic heterocycles. The predicted molar refractivity (Wildman–Crippen MR) is 104 cm³/mol. The molecule has 1 fully saturated rings. The molecule has 0 unspecified atom stereocenters. The third-order valence-corrected chi connectivity index (χ3v) is 6.38. The molecule has 0 bridgehead atoms. The van der Waals surface area contributed by atoms with E-state index in [9.17, 15) is 8.42 Å². The fourth-order valence-corrected chi connectivity index (χ4v) is 4.52. The van der Waals surface area contributed by atoms with E-state index in [2.05, 4.69) is 35.5 Å². The molecule has 1 aliphatic rings. The summed E-state index contributed by atoms with van der Waals surface area (Å²) in [7, 11) is -3.51. The molecule has 146 valence electrons. The summed E-state index contributed by atoms with van der Waals surface area (Å²) in [4.78, 5) is 8.45. The number of nitrogens with one attached hydrogen (secondary N) is 1. The molecule has 6 nitrogen and oxygen atoms in total. The van der Waals surface area contributed by atoms with Crippen LogP contribution >= 0.6 is 0 Å². The second kappa shape index (κ2) is 7.94. The van der Waals surface area contributed by atoms with Gasteiger partial charge in [-0.1, -0.05) is 32.9 Å². The Morgan fingerprint density at radius 1 is 1.00 bits per heavy atom. The van der Waals surface area contributed by atoms with Crippen LogP contribution in [0.3, 0.4) is 0 Å². The van der Waals surface area contributed by atoms with Gasteiger partial charge in [-0.05, 0) is 54.9 Å². The van der Waals surface area contributed by atoms with Crippen molar-refractivity contribution in [2.75, 3.05) is 0 Å². The number of rotatable bonds is 5. The smallest absolute Gasteiger partial charge is 0.316 e. The lowest BCUT2D eigenvalue weighted by atomic mass is 9.87. The molecule has 0 amide bonds. The molecule has 1 heterocycles. The number of hydrogen-bond donors (Lipinski definition) is 1. The Kier molecular flexibility index (Phi) is 5.81. The van der Waals surface area contributed by atoms with Crippen molar-refractivity contribution in [3.05, 3.63) is 48.3 Å². The summed E-state index contributed by atoms with van der Waals surface area (Å²) in [6.45, 7) is 6.32. The van der Waals surface area contributed by atoms with Gasteiger partial charge in [0.15, 0.2) is 0 Å². The van der Waals surface area contributed by atoms with Crippen molar-refractivity contribution in [2.45, 2.75) is 68.9 Å². The number of sulfonamides is 1. The van der Waals surface area contributed by atoms with E-state index in [1.165, 1.54) is 0 Å². The first-order valence-corrected chi connectivity index (χ1v) is 10.8. The van der Waals surface area contributed by atoms with Crippen LogP contribution in [0.15, 0.2) is 47.6 Å². The fourth-order valence-electron chi connectivity index (χ4n) is 3.22. The molecule has 1 aromatic carbocycles. The van der Waals surface area contributed by atoms with Gasteiger partial charge in [0.1, 0.15) is 6.10 Å². The molecule has 0 spiro atoms. The van der Waals surface area contributed by atoms with E-state index in [1.807, 2.05) is 12.1 Å². The van der Waals surface area contributed by atoms with Gasteiger partial charge in [-0.15, -0.1) is 0 Å². The van der Waals surface area contributed by atoms with Crippen LogP contribution in [0.25, 0.3) is 0 Å². The summed E-state index contributed by atoms with van der Waals surface area (Å²) in [6.07, 6.45) is 6.33. The Labute approximate surface area is 161 Å². The van der Waals surface area contributed by atoms with Crippen molar-refractivity contribution in [1.82, 2.24) is 14.7 Å². The van der Waals surface area contributed by atoms with E-state index in [-0.39, 0.29) is 17.6 Å². The van der Waals surface area contributed by atoms with E-state index in [0.29, 0.717) is 10.9 Å². The number of ether oxygens (including phenoxy) is 1. The highest BCUT2D eigenvalue weighted by Gasteiger charge is 2.27. The average Bonchev–Trinajstić information content (AvgIpc) is 2.63. The van der Waals surface area contributed by atoms with E-state index in [0.717, 1.165) is 31.2 Å². The van der Waals surface area contributed by atoms with Gasteiger partial charge in [0, 0.05) is 18.4 Å². The van der Waals surface area contributed by atoms with Crippen LogP contribution in [0, 0.1) is 0 Å². The maximum atomic E-state index is 12.7. The van der Waals surface area contributed by atoms with Crippen molar-refractivity contribution >= 4 is 10.0 Å². The van der Waals surface area contributed by atoms with Crippen LogP contribution in [0.5, 0.6) is 6.01 Å². The molecule has 0 atom stereocenters. The maximum absolute atomic E-state index is 12.7. The van der Waals surface area contributed by atoms with E-state index >= 15 is 0 Å². The lowest BCUT2D eigenvalue weighted by molar-refractivity contribution is 0.132. The summed E-state index contributed by atoms with van der Waals surface area (Å²) >= 11 is 0. The number of aromatic nitrogens is 2. The Morgan fingerprint density at radius 3 is 2.15 bits per heavy atom. The largest absolute Gasteiger partial charge is 0.460 e. The van der Waals surface area contributed by atoms with E-state index < -0.39 is 10.0 Å². The van der Waals surface area contributed by atoms with Gasteiger partial charge < -0.3 is 4.74 Å². The van der Waals surface area contributed by atoms with Crippen molar-refractivity contribution in [2.24, 2.45) is 0 Å². The summed E-state index contributed by atoms with van der Waals surface area (Å²) in [5.41, 5.74) is 1.11. The molecule has 1 N–H and O–H groups in total. The van der Waals surface area contributed by atoms with Crippen molar-refractivity contribution in [3.8, 4) is 6.01 Å². The lowest BCUT2D eigenvalue weighted by Gasteiger charge is -2.28. The Morgan fingerprint density at radius 2 is 1.59 bits per heavy atom. The van der Waals surface area contributed by atoms with Gasteiger partial charge in [-0.25, -0.2) is 23.1 Å². The standard InChI is InChI=1S/C20H27N3O3S/c1-20(2,3)15-5-11-18(12-6-15)27(24,25)23-16-7-9-17(10-8-16)26-19-21-13-4-14-22-19/h4-6,11-14,16-17,23H,7-10H2,1-3H3.